The molecule has 5 nitrogen and oxygen atoms in total. The Hall–Kier alpha value is -1.90. The normalized spacial score (nSPS) is 16.5. The lowest BCUT2D eigenvalue weighted by molar-refractivity contribution is -0.136. The minimum Gasteiger partial charge on any atom is -0.383 e. The summed E-state index contributed by atoms with van der Waals surface area (Å²) in [6, 6.07) is 9.51. The molecule has 0 aliphatic carbocycles. The van der Waals surface area contributed by atoms with Crippen molar-refractivity contribution < 1.29 is 9.53 Å². The molecule has 24 heavy (non-hydrogen) atoms. The van der Waals surface area contributed by atoms with E-state index in [0.29, 0.717) is 5.56 Å². The molecule has 0 atom stereocenters. The zero-order chi connectivity index (χ0) is 17.6. The van der Waals surface area contributed by atoms with Crippen molar-refractivity contribution in [2.75, 3.05) is 46.4 Å². The van der Waals surface area contributed by atoms with Crippen molar-refractivity contribution in [3.05, 3.63) is 35.4 Å². The van der Waals surface area contributed by atoms with Gasteiger partial charge in [0.25, 0.3) is 0 Å². The Balaban J connectivity index is 2.07. The van der Waals surface area contributed by atoms with Gasteiger partial charge >= 0.3 is 0 Å². The van der Waals surface area contributed by atoms with Crippen LogP contribution in [0.25, 0.3) is 0 Å². The topological polar surface area (TPSA) is 56.6 Å². The Labute approximate surface area is 144 Å². The van der Waals surface area contributed by atoms with E-state index in [-0.39, 0.29) is 5.91 Å². The van der Waals surface area contributed by atoms with E-state index in [2.05, 4.69) is 11.0 Å². The van der Waals surface area contributed by atoms with E-state index in [1.54, 1.807) is 13.2 Å². The smallest absolute Gasteiger partial charge is 0.232 e. The summed E-state index contributed by atoms with van der Waals surface area (Å²) < 4.78 is 5.15. The summed E-state index contributed by atoms with van der Waals surface area (Å²) >= 11 is 0. The first-order chi connectivity index (χ1) is 11.5. The van der Waals surface area contributed by atoms with E-state index in [1.807, 2.05) is 36.9 Å². The van der Waals surface area contributed by atoms with Crippen LogP contribution in [0.2, 0.25) is 0 Å². The molecule has 1 saturated heterocycles. The quantitative estimate of drug-likeness (QED) is 0.829. The molecule has 0 aromatic heterocycles. The first-order valence-corrected chi connectivity index (χ1v) is 8.50. The lowest BCUT2D eigenvalue weighted by Crippen LogP contribution is -2.45. The lowest BCUT2D eigenvalue weighted by Gasteiger charge is -2.32. The molecular formula is C19H27N3O2. The van der Waals surface area contributed by atoms with Crippen LogP contribution in [0.1, 0.15) is 31.4 Å². The van der Waals surface area contributed by atoms with Gasteiger partial charge in [0.15, 0.2) is 0 Å². The Morgan fingerprint density at radius 1 is 1.29 bits per heavy atom. The molecule has 1 aromatic rings. The predicted molar refractivity (Wildman–Crippen MR) is 93.7 cm³/mol. The highest BCUT2D eigenvalue weighted by Gasteiger charge is 2.34. The van der Waals surface area contributed by atoms with E-state index < -0.39 is 5.41 Å². The molecule has 5 heteroatoms. The van der Waals surface area contributed by atoms with E-state index in [9.17, 15) is 4.79 Å². The van der Waals surface area contributed by atoms with Crippen molar-refractivity contribution in [1.29, 1.82) is 5.26 Å². The summed E-state index contributed by atoms with van der Waals surface area (Å²) in [7, 11) is 1.71. The second-order valence-corrected chi connectivity index (χ2v) is 6.80. The first kappa shape index (κ1) is 18.4. The fourth-order valence-corrected chi connectivity index (χ4v) is 3.11. The molecule has 1 aliphatic heterocycles. The lowest BCUT2D eigenvalue weighted by atomic mass is 9.82. The summed E-state index contributed by atoms with van der Waals surface area (Å²) in [4.78, 5) is 17.4. The molecule has 1 aliphatic rings. The standard InChI is InChI=1S/C19H27N3O2/c1-19(2,17-7-4-6-16(14-17)15-20)18(23)22-9-5-8-21(10-11-22)12-13-24-3/h4,6-7,14H,5,8-13H2,1-3H3. The van der Waals surface area contributed by atoms with Gasteiger partial charge in [0.1, 0.15) is 0 Å². The summed E-state index contributed by atoms with van der Waals surface area (Å²) in [5.74, 6) is 0.131. The number of hydrogen-bond donors (Lipinski definition) is 0. The van der Waals surface area contributed by atoms with E-state index >= 15 is 0 Å². The molecule has 1 heterocycles. The van der Waals surface area contributed by atoms with Crippen LogP contribution in [0.5, 0.6) is 0 Å². The summed E-state index contributed by atoms with van der Waals surface area (Å²) in [6.07, 6.45) is 0.976. The zero-order valence-electron chi connectivity index (χ0n) is 14.9. The summed E-state index contributed by atoms with van der Waals surface area (Å²) in [5.41, 5.74) is 0.858. The Kier molecular flexibility index (Phi) is 6.36. The van der Waals surface area contributed by atoms with Crippen LogP contribution < -0.4 is 0 Å². The number of rotatable bonds is 5. The fourth-order valence-electron chi connectivity index (χ4n) is 3.11. The molecule has 0 spiro atoms. The SMILES string of the molecule is COCCN1CCCN(C(=O)C(C)(C)c2cccc(C#N)c2)CC1. The number of carbonyl (C=O) groups is 1. The predicted octanol–water partition coefficient (Wildman–Crippen LogP) is 2.02. The number of methoxy groups -OCH3 is 1. The van der Waals surface area contributed by atoms with Gasteiger partial charge in [0.2, 0.25) is 5.91 Å². The average Bonchev–Trinajstić information content (AvgIpc) is 2.84. The minimum absolute atomic E-state index is 0.131. The summed E-state index contributed by atoms with van der Waals surface area (Å²) in [5, 5.41) is 9.09. The number of amides is 1. The minimum atomic E-state index is -0.630. The van der Waals surface area contributed by atoms with Gasteiger partial charge in [-0.2, -0.15) is 5.26 Å². The second kappa shape index (κ2) is 8.27. The van der Waals surface area contributed by atoms with E-state index in [1.165, 1.54) is 0 Å². The third kappa shape index (κ3) is 4.34. The van der Waals surface area contributed by atoms with Crippen molar-refractivity contribution in [3.8, 4) is 6.07 Å². The second-order valence-electron chi connectivity index (χ2n) is 6.80. The number of benzene rings is 1. The van der Waals surface area contributed by atoms with Gasteiger partial charge in [-0.05, 0) is 44.5 Å². The molecular weight excluding hydrogens is 302 g/mol. The Morgan fingerprint density at radius 3 is 2.79 bits per heavy atom. The van der Waals surface area contributed by atoms with Gasteiger partial charge in [-0.3, -0.25) is 9.69 Å². The van der Waals surface area contributed by atoms with Crippen LogP contribution in [-0.2, 0) is 14.9 Å². The molecule has 0 radical (unpaired) electrons. The van der Waals surface area contributed by atoms with Crippen molar-refractivity contribution in [2.45, 2.75) is 25.7 Å². The van der Waals surface area contributed by atoms with Gasteiger partial charge in [-0.1, -0.05) is 12.1 Å². The molecule has 0 bridgehead atoms. The largest absolute Gasteiger partial charge is 0.383 e. The van der Waals surface area contributed by atoms with Gasteiger partial charge in [0, 0.05) is 33.3 Å². The third-order valence-electron chi connectivity index (χ3n) is 4.74. The monoisotopic (exact) mass is 329 g/mol. The number of hydrogen-bond acceptors (Lipinski definition) is 4. The number of nitrogens with zero attached hydrogens (tertiary/aromatic N) is 3. The number of nitriles is 1. The number of ether oxygens (including phenoxy) is 1. The average molecular weight is 329 g/mol. The van der Waals surface area contributed by atoms with Crippen LogP contribution in [0.15, 0.2) is 24.3 Å². The van der Waals surface area contributed by atoms with Gasteiger partial charge in [-0.25, -0.2) is 0 Å². The Bertz CT molecular complexity index is 607. The van der Waals surface area contributed by atoms with E-state index in [0.717, 1.165) is 51.3 Å². The van der Waals surface area contributed by atoms with Crippen LogP contribution in [0.3, 0.4) is 0 Å². The molecule has 0 unspecified atom stereocenters. The molecule has 130 valence electrons. The van der Waals surface area contributed by atoms with Crippen molar-refractivity contribution in [2.24, 2.45) is 0 Å². The maximum Gasteiger partial charge on any atom is 0.232 e. The van der Waals surface area contributed by atoms with E-state index in [4.69, 9.17) is 10.00 Å². The fraction of sp³-hybridized carbons (Fsp3) is 0.579. The van der Waals surface area contributed by atoms with Crippen molar-refractivity contribution in [1.82, 2.24) is 9.80 Å². The molecule has 1 aromatic carbocycles. The van der Waals surface area contributed by atoms with Crippen LogP contribution >= 0.6 is 0 Å². The molecule has 0 N–H and O–H groups in total. The highest BCUT2D eigenvalue weighted by molar-refractivity contribution is 5.87. The molecule has 0 saturated carbocycles. The maximum absolute atomic E-state index is 13.1. The zero-order valence-corrected chi connectivity index (χ0v) is 14.9. The van der Waals surface area contributed by atoms with Gasteiger partial charge < -0.3 is 9.64 Å². The molecule has 2 rings (SSSR count). The van der Waals surface area contributed by atoms with Crippen LogP contribution in [0.4, 0.5) is 0 Å². The van der Waals surface area contributed by atoms with Crippen molar-refractivity contribution in [3.63, 3.8) is 0 Å². The first-order valence-electron chi connectivity index (χ1n) is 8.50. The maximum atomic E-state index is 13.1. The third-order valence-corrected chi connectivity index (χ3v) is 4.74. The van der Waals surface area contributed by atoms with Gasteiger partial charge in [-0.15, -0.1) is 0 Å². The number of carbonyl (C=O) groups excluding carboxylic acids is 1. The summed E-state index contributed by atoms with van der Waals surface area (Å²) in [6.45, 7) is 8.92. The highest BCUT2D eigenvalue weighted by atomic mass is 16.5. The van der Waals surface area contributed by atoms with Crippen LogP contribution in [-0.4, -0.2) is 62.1 Å². The molecule has 1 fully saturated rings. The van der Waals surface area contributed by atoms with Crippen molar-refractivity contribution >= 4 is 5.91 Å². The highest BCUT2D eigenvalue weighted by Crippen LogP contribution is 2.27. The molecule has 1 amide bonds. The van der Waals surface area contributed by atoms with Crippen LogP contribution in [0, 0.1) is 11.3 Å². The Morgan fingerprint density at radius 2 is 2.08 bits per heavy atom. The van der Waals surface area contributed by atoms with Gasteiger partial charge in [0.05, 0.1) is 23.7 Å².